The highest BCUT2D eigenvalue weighted by Crippen LogP contribution is 2.36. The lowest BCUT2D eigenvalue weighted by Gasteiger charge is -2.38. The van der Waals surface area contributed by atoms with Crippen molar-refractivity contribution in [2.45, 2.75) is 56.9 Å². The summed E-state index contributed by atoms with van der Waals surface area (Å²) in [6.45, 7) is 4.74. The second-order valence-electron chi connectivity index (χ2n) is 12.2. The predicted molar refractivity (Wildman–Crippen MR) is 161 cm³/mol. The molecule has 4 heterocycles. The second-order valence-corrected chi connectivity index (χ2v) is 12.2. The molecule has 2 aromatic heterocycles. The van der Waals surface area contributed by atoms with Gasteiger partial charge >= 0.3 is 0 Å². The van der Waals surface area contributed by atoms with E-state index in [1.54, 1.807) is 30.3 Å². The number of alkyl halides is 2. The van der Waals surface area contributed by atoms with Crippen LogP contribution in [0.15, 0.2) is 35.1 Å². The summed E-state index contributed by atoms with van der Waals surface area (Å²) in [4.78, 5) is 41.3. The zero-order valence-corrected chi connectivity index (χ0v) is 24.9. The van der Waals surface area contributed by atoms with Crippen molar-refractivity contribution < 1.29 is 27.6 Å². The van der Waals surface area contributed by atoms with Gasteiger partial charge in [0.2, 0.25) is 17.7 Å². The molecule has 1 aromatic carbocycles. The van der Waals surface area contributed by atoms with Gasteiger partial charge in [-0.2, -0.15) is 5.10 Å². The van der Waals surface area contributed by atoms with Crippen LogP contribution in [-0.4, -0.2) is 83.6 Å². The molecule has 1 aliphatic carbocycles. The van der Waals surface area contributed by atoms with Crippen molar-refractivity contribution in [1.82, 2.24) is 24.9 Å². The number of furan rings is 1. The number of anilines is 2. The number of nitrogens with zero attached hydrogens (tertiary/aromatic N) is 4. The highest BCUT2D eigenvalue weighted by molar-refractivity contribution is 6.03. The Morgan fingerprint density at radius 2 is 1.84 bits per heavy atom. The standard InChI is InChI=1S/C31H39F2N7O4/c1-34-25-16-40(37-29(25)30(32)33)21-5-2-19(3-6-21)15-38-10-12-39(13-11-38)17-28(42)35-20-4-7-22-24(18-44-26(22)14-20)23-8-9-27(41)36-31(23)43/h4,7,14,16,18-19,21,23,30,34H,2-3,5-6,8-13,15,17H2,1H3,(H,35,42)(H,36,41,43). The molecular weight excluding hydrogens is 572 g/mol. The third-order valence-corrected chi connectivity index (χ3v) is 9.28. The van der Waals surface area contributed by atoms with Crippen LogP contribution in [0.25, 0.3) is 11.0 Å². The molecule has 13 heteroatoms. The summed E-state index contributed by atoms with van der Waals surface area (Å²) in [6, 6.07) is 5.57. The number of carbonyl (C=O) groups is 3. The molecule has 3 aromatic rings. The summed E-state index contributed by atoms with van der Waals surface area (Å²) in [5, 5.41) is 13.1. The van der Waals surface area contributed by atoms with Gasteiger partial charge in [-0.05, 0) is 50.2 Å². The van der Waals surface area contributed by atoms with Crippen LogP contribution in [0.5, 0.6) is 0 Å². The molecule has 11 nitrogen and oxygen atoms in total. The molecule has 2 saturated heterocycles. The van der Waals surface area contributed by atoms with Gasteiger partial charge in [-0.1, -0.05) is 0 Å². The van der Waals surface area contributed by atoms with Crippen LogP contribution in [0.3, 0.4) is 0 Å². The predicted octanol–water partition coefficient (Wildman–Crippen LogP) is 4.12. The maximum atomic E-state index is 13.3. The van der Waals surface area contributed by atoms with Crippen LogP contribution in [-0.2, 0) is 14.4 Å². The number of aromatic nitrogens is 2. The first kappa shape index (κ1) is 30.2. The Bertz CT molecular complexity index is 1510. The molecule has 3 amide bonds. The average molecular weight is 612 g/mol. The third-order valence-electron chi connectivity index (χ3n) is 9.28. The minimum Gasteiger partial charge on any atom is -0.464 e. The number of piperazine rings is 1. The highest BCUT2D eigenvalue weighted by atomic mass is 19.3. The Kier molecular flexibility index (Phi) is 8.94. The maximum Gasteiger partial charge on any atom is 0.284 e. The van der Waals surface area contributed by atoms with Gasteiger partial charge in [0.05, 0.1) is 30.5 Å². The first-order valence-electron chi connectivity index (χ1n) is 15.4. The number of amides is 3. The Morgan fingerprint density at radius 3 is 2.52 bits per heavy atom. The normalized spacial score (nSPS) is 23.7. The lowest BCUT2D eigenvalue weighted by Crippen LogP contribution is -2.49. The molecule has 1 saturated carbocycles. The molecule has 2 aliphatic heterocycles. The summed E-state index contributed by atoms with van der Waals surface area (Å²) in [5.41, 5.74) is 2.17. The van der Waals surface area contributed by atoms with Gasteiger partial charge in [-0.25, -0.2) is 8.78 Å². The van der Waals surface area contributed by atoms with Crippen LogP contribution >= 0.6 is 0 Å². The summed E-state index contributed by atoms with van der Waals surface area (Å²) in [5.74, 6) is -0.518. The van der Waals surface area contributed by atoms with Crippen LogP contribution < -0.4 is 16.0 Å². The molecule has 0 bridgehead atoms. The third kappa shape index (κ3) is 6.63. The number of imide groups is 1. The van der Waals surface area contributed by atoms with Crippen molar-refractivity contribution in [3.63, 3.8) is 0 Å². The first-order chi connectivity index (χ1) is 21.3. The van der Waals surface area contributed by atoms with E-state index in [1.165, 1.54) is 0 Å². The monoisotopic (exact) mass is 611 g/mol. The fourth-order valence-corrected chi connectivity index (χ4v) is 6.82. The lowest BCUT2D eigenvalue weighted by atomic mass is 9.85. The summed E-state index contributed by atoms with van der Waals surface area (Å²) < 4.78 is 34.0. The molecule has 236 valence electrons. The van der Waals surface area contributed by atoms with Crippen LogP contribution in [0.2, 0.25) is 0 Å². The van der Waals surface area contributed by atoms with E-state index in [0.29, 0.717) is 42.3 Å². The number of rotatable bonds is 9. The molecule has 6 rings (SSSR count). The molecule has 0 radical (unpaired) electrons. The van der Waals surface area contributed by atoms with Gasteiger partial charge < -0.3 is 20.0 Å². The Balaban J connectivity index is 0.934. The molecule has 1 atom stereocenters. The molecule has 0 spiro atoms. The summed E-state index contributed by atoms with van der Waals surface area (Å²) >= 11 is 0. The van der Waals surface area contributed by atoms with Crippen molar-refractivity contribution in [3.8, 4) is 0 Å². The van der Waals surface area contributed by atoms with E-state index in [2.05, 4.69) is 30.8 Å². The first-order valence-corrected chi connectivity index (χ1v) is 15.4. The fourth-order valence-electron chi connectivity index (χ4n) is 6.82. The number of piperidine rings is 1. The van der Waals surface area contributed by atoms with Crippen LogP contribution in [0.4, 0.5) is 20.2 Å². The Morgan fingerprint density at radius 1 is 1.09 bits per heavy atom. The Hall–Kier alpha value is -3.84. The number of benzene rings is 1. The molecule has 3 aliphatic rings. The van der Waals surface area contributed by atoms with Gasteiger partial charge in [0.15, 0.2) is 5.69 Å². The molecular formula is C31H39F2N7O4. The van der Waals surface area contributed by atoms with E-state index in [-0.39, 0.29) is 29.5 Å². The summed E-state index contributed by atoms with van der Waals surface area (Å²) in [6.07, 6.45) is 5.37. The van der Waals surface area contributed by atoms with E-state index in [0.717, 1.165) is 69.4 Å². The van der Waals surface area contributed by atoms with Crippen molar-refractivity contribution in [2.75, 3.05) is 56.9 Å². The van der Waals surface area contributed by atoms with Gasteiger partial charge in [-0.3, -0.25) is 29.3 Å². The second kappa shape index (κ2) is 13.0. The number of nitrogens with one attached hydrogen (secondary N) is 3. The van der Waals surface area contributed by atoms with Crippen LogP contribution in [0, 0.1) is 5.92 Å². The van der Waals surface area contributed by atoms with E-state index < -0.39 is 12.3 Å². The number of fused-ring (bicyclic) bond motifs is 1. The van der Waals surface area contributed by atoms with Crippen molar-refractivity contribution >= 4 is 40.1 Å². The van der Waals surface area contributed by atoms with Crippen molar-refractivity contribution in [2.24, 2.45) is 5.92 Å². The van der Waals surface area contributed by atoms with E-state index in [9.17, 15) is 23.2 Å². The average Bonchev–Trinajstić information content (AvgIpc) is 3.63. The minimum atomic E-state index is -2.59. The molecule has 3 fully saturated rings. The van der Waals surface area contributed by atoms with Gasteiger partial charge in [0.1, 0.15) is 5.58 Å². The van der Waals surface area contributed by atoms with Crippen LogP contribution in [0.1, 0.15) is 68.2 Å². The highest BCUT2D eigenvalue weighted by Gasteiger charge is 2.31. The zero-order chi connectivity index (χ0) is 30.8. The molecule has 3 N–H and O–H groups in total. The largest absolute Gasteiger partial charge is 0.464 e. The minimum absolute atomic E-state index is 0.0943. The van der Waals surface area contributed by atoms with E-state index >= 15 is 0 Å². The van der Waals surface area contributed by atoms with Gasteiger partial charge in [0.25, 0.3) is 6.43 Å². The molecule has 44 heavy (non-hydrogen) atoms. The SMILES string of the molecule is CNc1cn(C2CCC(CN3CCN(CC(=O)Nc4ccc5c(C6CCC(=O)NC6=O)coc5c4)CC3)CC2)nc1C(F)F. The van der Waals surface area contributed by atoms with Crippen molar-refractivity contribution in [3.05, 3.63) is 41.9 Å². The lowest BCUT2D eigenvalue weighted by molar-refractivity contribution is -0.134. The quantitative estimate of drug-likeness (QED) is 0.309. The summed E-state index contributed by atoms with van der Waals surface area (Å²) in [7, 11) is 1.64. The molecule has 1 unspecified atom stereocenters. The fraction of sp³-hybridized carbons (Fsp3) is 0.548. The van der Waals surface area contributed by atoms with E-state index in [1.807, 2.05) is 12.1 Å². The number of hydrogen-bond acceptors (Lipinski definition) is 8. The number of hydrogen-bond donors (Lipinski definition) is 3. The topological polar surface area (TPSA) is 125 Å². The smallest absolute Gasteiger partial charge is 0.284 e. The number of halogens is 2. The van der Waals surface area contributed by atoms with Crippen molar-refractivity contribution in [1.29, 1.82) is 0 Å². The Labute approximate surface area is 254 Å². The zero-order valence-electron chi connectivity index (χ0n) is 24.9. The van der Waals surface area contributed by atoms with E-state index in [4.69, 9.17) is 4.42 Å². The van der Waals surface area contributed by atoms with Gasteiger partial charge in [-0.15, -0.1) is 0 Å². The number of carbonyl (C=O) groups excluding carboxylic acids is 3. The maximum absolute atomic E-state index is 13.3. The van der Waals surface area contributed by atoms with Gasteiger partial charge in [0, 0.05) is 75.1 Å².